The van der Waals surface area contributed by atoms with Gasteiger partial charge in [0, 0.05) is 5.41 Å². The molecule has 0 amide bonds. The van der Waals surface area contributed by atoms with E-state index in [1.54, 1.807) is 0 Å². The van der Waals surface area contributed by atoms with Crippen molar-refractivity contribution in [2.24, 2.45) is 0 Å². The fourth-order valence-corrected chi connectivity index (χ4v) is 10.0. The number of benzene rings is 11. The first kappa shape index (κ1) is 30.7. The third-order valence-electron chi connectivity index (χ3n) is 12.8. The van der Waals surface area contributed by atoms with Crippen LogP contribution >= 0.6 is 0 Å². The normalized spacial score (nSPS) is 13.4. The van der Waals surface area contributed by atoms with Crippen molar-refractivity contribution in [3.05, 3.63) is 193 Å². The SMILES string of the molecule is CC1(C)c2cc(-c3ccc(-c4ccc5ccc6cccc7ccc4c5c67)cc3)ccc2-c2ccc(-c3c4ccccc4cc4c3ccc3ccccc34)cc21. The van der Waals surface area contributed by atoms with E-state index in [9.17, 15) is 0 Å². The average Bonchev–Trinajstić information content (AvgIpc) is 3.46. The Hall–Kier alpha value is -6.76. The molecule has 0 nitrogen and oxygen atoms in total. The van der Waals surface area contributed by atoms with Crippen LogP contribution in [0, 0.1) is 0 Å². The van der Waals surface area contributed by atoms with E-state index in [0.717, 1.165) is 0 Å². The monoisotopic (exact) mass is 696 g/mol. The maximum atomic E-state index is 2.48. The van der Waals surface area contributed by atoms with Crippen molar-refractivity contribution in [1.29, 1.82) is 0 Å². The van der Waals surface area contributed by atoms with Gasteiger partial charge in [-0.1, -0.05) is 178 Å². The lowest BCUT2D eigenvalue weighted by atomic mass is 9.80. The van der Waals surface area contributed by atoms with Crippen LogP contribution in [-0.2, 0) is 5.41 Å². The molecule has 1 aliphatic carbocycles. The van der Waals surface area contributed by atoms with E-state index >= 15 is 0 Å². The summed E-state index contributed by atoms with van der Waals surface area (Å²) >= 11 is 0. The smallest absolute Gasteiger partial charge is 0.0159 e. The molecule has 12 rings (SSSR count). The van der Waals surface area contributed by atoms with Gasteiger partial charge in [0.2, 0.25) is 0 Å². The van der Waals surface area contributed by atoms with Gasteiger partial charge in [-0.3, -0.25) is 0 Å². The van der Waals surface area contributed by atoms with E-state index in [1.165, 1.54) is 120 Å². The summed E-state index contributed by atoms with van der Waals surface area (Å²) in [5.41, 5.74) is 12.9. The largest absolute Gasteiger partial charge is 0.0616 e. The van der Waals surface area contributed by atoms with Crippen LogP contribution < -0.4 is 0 Å². The van der Waals surface area contributed by atoms with Crippen LogP contribution in [0.3, 0.4) is 0 Å². The number of hydrogen-bond donors (Lipinski definition) is 0. The van der Waals surface area contributed by atoms with Gasteiger partial charge >= 0.3 is 0 Å². The second-order valence-electron chi connectivity index (χ2n) is 16.0. The summed E-state index contributed by atoms with van der Waals surface area (Å²) < 4.78 is 0. The average molecular weight is 697 g/mol. The predicted molar refractivity (Wildman–Crippen MR) is 237 cm³/mol. The molecule has 0 aliphatic heterocycles. The highest BCUT2D eigenvalue weighted by molar-refractivity contribution is 6.25. The molecule has 0 N–H and O–H groups in total. The van der Waals surface area contributed by atoms with E-state index in [2.05, 4.69) is 196 Å². The first-order chi connectivity index (χ1) is 27.0. The van der Waals surface area contributed by atoms with Crippen LogP contribution in [0.2, 0.25) is 0 Å². The fraction of sp³-hybridized carbons (Fsp3) is 0.0545. The summed E-state index contributed by atoms with van der Waals surface area (Å²) in [6, 6.07) is 68.5. The van der Waals surface area contributed by atoms with Crippen LogP contribution in [-0.4, -0.2) is 0 Å². The lowest BCUT2D eigenvalue weighted by Gasteiger charge is -2.23. The van der Waals surface area contributed by atoms with E-state index in [-0.39, 0.29) is 5.41 Å². The van der Waals surface area contributed by atoms with Crippen molar-refractivity contribution in [2.45, 2.75) is 19.3 Å². The van der Waals surface area contributed by atoms with Crippen molar-refractivity contribution in [3.63, 3.8) is 0 Å². The van der Waals surface area contributed by atoms with E-state index in [0.29, 0.717) is 0 Å². The molecule has 256 valence electrons. The van der Waals surface area contributed by atoms with Crippen molar-refractivity contribution in [1.82, 2.24) is 0 Å². The highest BCUT2D eigenvalue weighted by Gasteiger charge is 2.36. The van der Waals surface area contributed by atoms with Gasteiger partial charge in [0.25, 0.3) is 0 Å². The molecule has 0 heteroatoms. The first-order valence-electron chi connectivity index (χ1n) is 19.4. The maximum absolute atomic E-state index is 2.48. The van der Waals surface area contributed by atoms with E-state index in [4.69, 9.17) is 0 Å². The van der Waals surface area contributed by atoms with Gasteiger partial charge in [0.15, 0.2) is 0 Å². The van der Waals surface area contributed by atoms with Gasteiger partial charge in [-0.15, -0.1) is 0 Å². The molecule has 55 heavy (non-hydrogen) atoms. The molecule has 0 unspecified atom stereocenters. The molecule has 0 saturated carbocycles. The van der Waals surface area contributed by atoms with Crippen molar-refractivity contribution >= 4 is 64.6 Å². The second-order valence-corrected chi connectivity index (χ2v) is 16.0. The second kappa shape index (κ2) is 11.1. The summed E-state index contributed by atoms with van der Waals surface area (Å²) in [5.74, 6) is 0. The Kier molecular flexibility index (Phi) is 6.21. The van der Waals surface area contributed by atoms with E-state index < -0.39 is 0 Å². The van der Waals surface area contributed by atoms with Gasteiger partial charge in [0.1, 0.15) is 0 Å². The molecule has 1 aliphatic rings. The molecule has 11 aromatic carbocycles. The Balaban J connectivity index is 0.941. The number of hydrogen-bond acceptors (Lipinski definition) is 0. The standard InChI is InChI=1S/C55H36/c1-55(2)50-31-39(33-14-16-35(17-15-33)43-25-21-38-19-18-36-10-7-11-37-22-29-47(43)54(38)52(36)37)23-26-45(50)46-27-24-41(32-51(46)55)53-44-13-6-4-9-40(44)30-49-42-12-5-3-8-34(42)20-28-48(49)53/h3-32H,1-2H3. The third kappa shape index (κ3) is 4.34. The van der Waals surface area contributed by atoms with E-state index in [1.807, 2.05) is 0 Å². The molecule has 0 fully saturated rings. The van der Waals surface area contributed by atoms with Crippen LogP contribution in [0.5, 0.6) is 0 Å². The van der Waals surface area contributed by atoms with Crippen LogP contribution in [0.15, 0.2) is 182 Å². The van der Waals surface area contributed by atoms with Gasteiger partial charge in [0.05, 0.1) is 0 Å². The van der Waals surface area contributed by atoms with Crippen LogP contribution in [0.4, 0.5) is 0 Å². The first-order valence-corrected chi connectivity index (χ1v) is 19.4. The minimum Gasteiger partial charge on any atom is -0.0616 e. The molecule has 0 aromatic heterocycles. The zero-order chi connectivity index (χ0) is 36.4. The summed E-state index contributed by atoms with van der Waals surface area (Å²) in [7, 11) is 0. The topological polar surface area (TPSA) is 0 Å². The molecular formula is C55H36. The number of fused-ring (bicyclic) bond motifs is 7. The fourth-order valence-electron chi connectivity index (χ4n) is 10.0. The number of rotatable bonds is 3. The van der Waals surface area contributed by atoms with Crippen LogP contribution in [0.25, 0.3) is 109 Å². The molecule has 11 aromatic rings. The predicted octanol–water partition coefficient (Wildman–Crippen LogP) is 15.4. The molecule has 0 spiro atoms. The zero-order valence-corrected chi connectivity index (χ0v) is 30.8. The quantitative estimate of drug-likeness (QED) is 0.127. The Morgan fingerprint density at radius 3 is 1.60 bits per heavy atom. The third-order valence-corrected chi connectivity index (χ3v) is 12.8. The molecule has 0 atom stereocenters. The van der Waals surface area contributed by atoms with Crippen molar-refractivity contribution in [2.75, 3.05) is 0 Å². The van der Waals surface area contributed by atoms with Gasteiger partial charge in [-0.05, 0) is 138 Å². The van der Waals surface area contributed by atoms with Gasteiger partial charge in [-0.2, -0.15) is 0 Å². The minimum absolute atomic E-state index is 0.147. The summed E-state index contributed by atoms with van der Waals surface area (Å²) in [5, 5.41) is 15.7. The lowest BCUT2D eigenvalue weighted by molar-refractivity contribution is 0.661. The maximum Gasteiger partial charge on any atom is 0.0159 e. The molecule has 0 bridgehead atoms. The van der Waals surface area contributed by atoms with Crippen molar-refractivity contribution in [3.8, 4) is 44.5 Å². The minimum atomic E-state index is -0.147. The Morgan fingerprint density at radius 1 is 0.291 bits per heavy atom. The molecule has 0 heterocycles. The summed E-state index contributed by atoms with van der Waals surface area (Å²) in [6.45, 7) is 4.80. The Morgan fingerprint density at radius 2 is 0.818 bits per heavy atom. The van der Waals surface area contributed by atoms with Crippen LogP contribution in [0.1, 0.15) is 25.0 Å². The lowest BCUT2D eigenvalue weighted by Crippen LogP contribution is -2.15. The molecular weight excluding hydrogens is 661 g/mol. The summed E-state index contributed by atoms with van der Waals surface area (Å²) in [4.78, 5) is 0. The summed E-state index contributed by atoms with van der Waals surface area (Å²) in [6.07, 6.45) is 0. The highest BCUT2D eigenvalue weighted by Crippen LogP contribution is 2.52. The Bertz CT molecular complexity index is 3360. The highest BCUT2D eigenvalue weighted by atomic mass is 14.4. The zero-order valence-electron chi connectivity index (χ0n) is 30.8. The molecule has 0 radical (unpaired) electrons. The van der Waals surface area contributed by atoms with Gasteiger partial charge in [-0.25, -0.2) is 0 Å². The van der Waals surface area contributed by atoms with Crippen molar-refractivity contribution < 1.29 is 0 Å². The molecule has 0 saturated heterocycles. The Labute approximate surface area is 320 Å². The van der Waals surface area contributed by atoms with Gasteiger partial charge < -0.3 is 0 Å².